The highest BCUT2D eigenvalue weighted by Crippen LogP contribution is 2.25. The van der Waals surface area contributed by atoms with E-state index in [2.05, 4.69) is 10.6 Å². The number of carbonyl (C=O) groups excluding carboxylic acids is 1. The number of halogens is 1. The lowest BCUT2D eigenvalue weighted by molar-refractivity contribution is -0.118. The fraction of sp³-hybridized carbons (Fsp3) is 0.200. The molecule has 0 aromatic heterocycles. The predicted octanol–water partition coefficient (Wildman–Crippen LogP) is 3.37. The highest BCUT2D eigenvalue weighted by atomic mass is 32.1. The Kier molecular flexibility index (Phi) is 7.18. The maximum absolute atomic E-state index is 14.5. The number of amides is 1. The molecule has 0 aliphatic rings. The first-order valence-electron chi connectivity index (χ1n) is 8.47. The van der Waals surface area contributed by atoms with Crippen LogP contribution in [0.1, 0.15) is 24.5 Å². The van der Waals surface area contributed by atoms with Crippen LogP contribution in [0.15, 0.2) is 42.5 Å². The molecule has 0 saturated carbocycles. The normalized spacial score (nSPS) is 11.2. The van der Waals surface area contributed by atoms with Crippen molar-refractivity contribution in [2.24, 2.45) is 5.73 Å². The van der Waals surface area contributed by atoms with Gasteiger partial charge in [0.2, 0.25) is 5.91 Å². The van der Waals surface area contributed by atoms with Gasteiger partial charge in [0.15, 0.2) is 0 Å². The van der Waals surface area contributed by atoms with Gasteiger partial charge in [-0.25, -0.2) is 4.39 Å². The predicted molar refractivity (Wildman–Crippen MR) is 112 cm³/mol. The summed E-state index contributed by atoms with van der Waals surface area (Å²) in [6.45, 7) is 1.61. The molecule has 8 heteroatoms. The van der Waals surface area contributed by atoms with Gasteiger partial charge in [-0.15, -0.1) is 0 Å². The van der Waals surface area contributed by atoms with Gasteiger partial charge in [0, 0.05) is 18.6 Å². The Bertz CT molecular complexity index is 940. The number of nitrogens with two attached hydrogens (primary N) is 1. The van der Waals surface area contributed by atoms with Crippen LogP contribution in [0.5, 0.6) is 0 Å². The third-order valence-corrected chi connectivity index (χ3v) is 4.13. The zero-order valence-electron chi connectivity index (χ0n) is 15.3. The topological polar surface area (TPSA) is 115 Å². The highest BCUT2D eigenvalue weighted by Gasteiger charge is 2.19. The average Bonchev–Trinajstić information content (AvgIpc) is 2.63. The number of hydrogen-bond donors (Lipinski definition) is 4. The quantitative estimate of drug-likeness (QED) is 0.403. The van der Waals surface area contributed by atoms with Gasteiger partial charge in [-0.3, -0.25) is 4.79 Å². The fourth-order valence-electron chi connectivity index (χ4n) is 2.58. The lowest BCUT2D eigenvalue weighted by Gasteiger charge is -2.19. The molecule has 0 saturated heterocycles. The lowest BCUT2D eigenvalue weighted by atomic mass is 10.0. The minimum Gasteiger partial charge on any atom is -0.371 e. The van der Waals surface area contributed by atoms with E-state index in [0.29, 0.717) is 16.4 Å². The van der Waals surface area contributed by atoms with Crippen molar-refractivity contribution in [2.75, 3.05) is 10.6 Å². The van der Waals surface area contributed by atoms with Crippen LogP contribution in [0.2, 0.25) is 0 Å². The fourth-order valence-corrected chi connectivity index (χ4v) is 2.90. The molecule has 1 amide bonds. The number of primary amides is 1. The van der Waals surface area contributed by atoms with Crippen LogP contribution >= 0.6 is 12.2 Å². The number of hydrogen-bond acceptors (Lipinski definition) is 5. The number of thiocarbonyl (C=S) groups is 1. The van der Waals surface area contributed by atoms with Crippen molar-refractivity contribution in [1.29, 1.82) is 10.7 Å². The van der Waals surface area contributed by atoms with E-state index in [1.54, 1.807) is 6.92 Å². The summed E-state index contributed by atoms with van der Waals surface area (Å²) in [4.78, 5) is 12.2. The summed E-state index contributed by atoms with van der Waals surface area (Å²) in [6, 6.07) is 12.7. The molecule has 0 aliphatic heterocycles. The lowest BCUT2D eigenvalue weighted by Crippen LogP contribution is -2.37. The third kappa shape index (κ3) is 5.86. The molecule has 2 aromatic carbocycles. The number of rotatable bonds is 8. The van der Waals surface area contributed by atoms with Crippen molar-refractivity contribution in [3.05, 3.63) is 59.4 Å². The maximum Gasteiger partial charge on any atom is 0.240 e. The Morgan fingerprint density at radius 3 is 2.57 bits per heavy atom. The van der Waals surface area contributed by atoms with Crippen LogP contribution in [-0.4, -0.2) is 22.6 Å². The van der Waals surface area contributed by atoms with E-state index in [0.717, 1.165) is 11.6 Å². The van der Waals surface area contributed by atoms with Crippen molar-refractivity contribution in [3.63, 3.8) is 0 Å². The van der Waals surface area contributed by atoms with Crippen LogP contribution in [-0.2, 0) is 11.2 Å². The smallest absolute Gasteiger partial charge is 0.240 e. The monoisotopic (exact) mass is 397 g/mol. The molecule has 0 bridgehead atoms. The molecule has 6 nitrogen and oxygen atoms in total. The number of anilines is 2. The molecule has 2 aromatic rings. The van der Waals surface area contributed by atoms with E-state index < -0.39 is 17.8 Å². The van der Waals surface area contributed by atoms with Crippen LogP contribution < -0.4 is 16.4 Å². The highest BCUT2D eigenvalue weighted by molar-refractivity contribution is 7.80. The summed E-state index contributed by atoms with van der Waals surface area (Å²) in [5.74, 6) is -1.31. The molecular weight excluding hydrogens is 377 g/mol. The number of benzene rings is 2. The van der Waals surface area contributed by atoms with Crippen LogP contribution in [0, 0.1) is 22.6 Å². The first-order chi connectivity index (χ1) is 13.3. The van der Waals surface area contributed by atoms with Gasteiger partial charge in [-0.05, 0) is 24.6 Å². The van der Waals surface area contributed by atoms with Crippen molar-refractivity contribution in [2.45, 2.75) is 25.8 Å². The van der Waals surface area contributed by atoms with Gasteiger partial charge in [-0.2, -0.15) is 5.26 Å². The van der Waals surface area contributed by atoms with Crippen LogP contribution in [0.3, 0.4) is 0 Å². The first kappa shape index (κ1) is 21.0. The van der Waals surface area contributed by atoms with Gasteiger partial charge < -0.3 is 21.8 Å². The number of nitriles is 1. The van der Waals surface area contributed by atoms with E-state index in [1.807, 2.05) is 36.4 Å². The molecule has 1 atom stereocenters. The summed E-state index contributed by atoms with van der Waals surface area (Å²) in [5.41, 5.74) is 7.08. The summed E-state index contributed by atoms with van der Waals surface area (Å²) >= 11 is 5.16. The molecule has 0 heterocycles. The van der Waals surface area contributed by atoms with Gasteiger partial charge in [0.1, 0.15) is 17.9 Å². The molecule has 0 fully saturated rings. The second-order valence-electron chi connectivity index (χ2n) is 6.28. The summed E-state index contributed by atoms with van der Waals surface area (Å²) in [6.07, 6.45) is 0.502. The van der Waals surface area contributed by atoms with Crippen molar-refractivity contribution >= 4 is 40.2 Å². The van der Waals surface area contributed by atoms with Crippen molar-refractivity contribution in [3.8, 4) is 6.07 Å². The van der Waals surface area contributed by atoms with Gasteiger partial charge in [-0.1, -0.05) is 42.5 Å². The van der Waals surface area contributed by atoms with Gasteiger partial charge in [0.25, 0.3) is 0 Å². The second kappa shape index (κ2) is 9.58. The van der Waals surface area contributed by atoms with Crippen LogP contribution in [0.4, 0.5) is 15.8 Å². The number of nitrogens with one attached hydrogen (secondary N) is 3. The maximum atomic E-state index is 14.5. The number of carbonyl (C=O) groups is 1. The largest absolute Gasteiger partial charge is 0.371 e. The zero-order valence-corrected chi connectivity index (χ0v) is 16.1. The summed E-state index contributed by atoms with van der Waals surface area (Å²) in [5, 5.41) is 22.4. The second-order valence-corrected chi connectivity index (χ2v) is 6.78. The Labute approximate surface area is 168 Å². The molecule has 0 radical (unpaired) electrons. The van der Waals surface area contributed by atoms with Gasteiger partial charge in [0.05, 0.1) is 21.9 Å². The Balaban J connectivity index is 2.29. The molecule has 0 spiro atoms. The van der Waals surface area contributed by atoms with E-state index in [1.165, 1.54) is 6.07 Å². The van der Waals surface area contributed by atoms with E-state index in [9.17, 15) is 14.4 Å². The molecule has 144 valence electrons. The van der Waals surface area contributed by atoms with Gasteiger partial charge >= 0.3 is 0 Å². The van der Waals surface area contributed by atoms with E-state index >= 15 is 0 Å². The number of nitrogens with zero attached hydrogens (tertiary/aromatic N) is 1. The SMILES string of the molecule is CC(=N)CC(=S)Nc1cc(NC(Cc2ccccc2)C(N)=O)c(F)cc1C#N. The minimum absolute atomic E-state index is 0.0237. The third-order valence-electron chi connectivity index (χ3n) is 3.88. The molecule has 5 N–H and O–H groups in total. The summed E-state index contributed by atoms with van der Waals surface area (Å²) in [7, 11) is 0. The first-order valence-corrected chi connectivity index (χ1v) is 8.88. The molecule has 0 aliphatic carbocycles. The van der Waals surface area contributed by atoms with E-state index in [4.69, 9.17) is 23.4 Å². The van der Waals surface area contributed by atoms with Crippen LogP contribution in [0.25, 0.3) is 0 Å². The molecular formula is C20H20FN5OS. The summed E-state index contributed by atoms with van der Waals surface area (Å²) < 4.78 is 14.5. The minimum atomic E-state index is -0.839. The zero-order chi connectivity index (χ0) is 20.7. The average molecular weight is 397 g/mol. The van der Waals surface area contributed by atoms with Crippen molar-refractivity contribution < 1.29 is 9.18 Å². The Morgan fingerprint density at radius 2 is 2.00 bits per heavy atom. The van der Waals surface area contributed by atoms with Crippen molar-refractivity contribution in [1.82, 2.24) is 0 Å². The Hall–Kier alpha value is -3.31. The molecule has 2 rings (SSSR count). The molecule has 28 heavy (non-hydrogen) atoms. The van der Waals surface area contributed by atoms with E-state index in [-0.39, 0.29) is 24.1 Å². The molecule has 1 unspecified atom stereocenters. The standard InChI is InChI=1S/C20H20FN5OS/c1-12(23)7-19(28)26-16-10-17(15(21)9-14(16)11-22)25-18(20(24)27)8-13-5-3-2-4-6-13/h2-6,9-10,18,23,25H,7-8H2,1H3,(H2,24,27)(H,26,28). The Morgan fingerprint density at radius 1 is 1.32 bits per heavy atom.